The summed E-state index contributed by atoms with van der Waals surface area (Å²) in [6.07, 6.45) is 0. The van der Waals surface area contributed by atoms with Crippen LogP contribution >= 0.6 is 23.2 Å². The lowest BCUT2D eigenvalue weighted by Crippen LogP contribution is -2.57. The highest BCUT2D eigenvalue weighted by Crippen LogP contribution is 2.69. The third-order valence-corrected chi connectivity index (χ3v) is 9.35. The van der Waals surface area contributed by atoms with Gasteiger partial charge in [0.2, 0.25) is 11.8 Å². The first kappa shape index (κ1) is 24.8. The molecule has 1 heterocycles. The highest BCUT2D eigenvalue weighted by molar-refractivity contribution is 6.36. The first-order valence-electron chi connectivity index (χ1n) is 12.3. The van der Waals surface area contributed by atoms with E-state index in [1.165, 1.54) is 6.92 Å². The van der Waals surface area contributed by atoms with E-state index in [-0.39, 0.29) is 5.78 Å². The molecule has 6 nitrogen and oxygen atoms in total. The molecule has 7 rings (SSSR count). The molecule has 3 aliphatic carbocycles. The molecule has 2 amide bonds. The maximum absolute atomic E-state index is 13.9. The number of hydrogen-bond donors (Lipinski definition) is 0. The van der Waals surface area contributed by atoms with E-state index in [1.807, 2.05) is 55.5 Å². The van der Waals surface area contributed by atoms with Crippen LogP contribution in [0.3, 0.4) is 0 Å². The lowest BCUT2D eigenvalue weighted by molar-refractivity contribution is -0.157. The zero-order valence-corrected chi connectivity index (χ0v) is 22.1. The quantitative estimate of drug-likeness (QED) is 0.200. The molecule has 192 valence electrons. The maximum Gasteiger partial charge on any atom is 0.329 e. The monoisotopic (exact) mass is 547 g/mol. The summed E-state index contributed by atoms with van der Waals surface area (Å²) in [5, 5.41) is 0. The van der Waals surface area contributed by atoms with Crippen molar-refractivity contribution >= 4 is 46.8 Å². The molecule has 1 fully saturated rings. The molecule has 0 radical (unpaired) electrons. The molecule has 3 atom stereocenters. The average Bonchev–Trinajstić information content (AvgIpc) is 3.21. The van der Waals surface area contributed by atoms with Crippen molar-refractivity contribution in [2.24, 2.45) is 11.8 Å². The molecule has 3 aromatic carbocycles. The van der Waals surface area contributed by atoms with Gasteiger partial charge < -0.3 is 4.74 Å². The SMILES string of the molecule is Cc1ccc(C(=O)COC(=O)[C@H](C)N2C(=O)[C@@H]3[C@@H](C2=O)C2(Cl)c4ccccc4C3(Cl)c3ccccc32)cc1. The summed E-state index contributed by atoms with van der Waals surface area (Å²) in [5.41, 5.74) is 4.11. The lowest BCUT2D eigenvalue weighted by Gasteiger charge is -2.54. The van der Waals surface area contributed by atoms with Gasteiger partial charge in [-0.3, -0.25) is 19.3 Å². The summed E-state index contributed by atoms with van der Waals surface area (Å²) >= 11 is 14.8. The number of benzene rings is 3. The first-order chi connectivity index (χ1) is 18.1. The molecular formula is C30H23Cl2NO5. The third-order valence-electron chi connectivity index (χ3n) is 8.07. The Bertz CT molecular complexity index is 1410. The van der Waals surface area contributed by atoms with Crippen LogP contribution in [0, 0.1) is 18.8 Å². The number of likely N-dealkylation sites (tertiary alicyclic amines) is 1. The number of carbonyl (C=O) groups excluding carboxylic acids is 4. The van der Waals surface area contributed by atoms with Gasteiger partial charge in [-0.1, -0.05) is 78.4 Å². The number of esters is 1. The number of ether oxygens (including phenoxy) is 1. The van der Waals surface area contributed by atoms with Crippen LogP contribution in [0.15, 0.2) is 72.8 Å². The number of nitrogens with zero attached hydrogens (tertiary/aromatic N) is 1. The molecule has 38 heavy (non-hydrogen) atoms. The van der Waals surface area contributed by atoms with Crippen molar-refractivity contribution in [2.75, 3.05) is 6.61 Å². The van der Waals surface area contributed by atoms with Gasteiger partial charge in [0.05, 0.1) is 11.8 Å². The van der Waals surface area contributed by atoms with Crippen molar-refractivity contribution in [3.05, 3.63) is 106 Å². The van der Waals surface area contributed by atoms with E-state index in [9.17, 15) is 19.2 Å². The van der Waals surface area contributed by atoms with E-state index >= 15 is 0 Å². The molecule has 1 saturated heterocycles. The van der Waals surface area contributed by atoms with Crippen molar-refractivity contribution in [1.82, 2.24) is 4.90 Å². The number of hydrogen-bond acceptors (Lipinski definition) is 5. The normalized spacial score (nSPS) is 27.4. The Labute approximate surface area is 229 Å². The van der Waals surface area contributed by atoms with Crippen LogP contribution in [0.2, 0.25) is 0 Å². The van der Waals surface area contributed by atoms with Gasteiger partial charge in [0.15, 0.2) is 12.4 Å². The van der Waals surface area contributed by atoms with Gasteiger partial charge >= 0.3 is 5.97 Å². The standard InChI is InChI=1S/C30H23Cl2NO5/c1-16-11-13-18(14-12-16)23(34)15-38-28(37)17(2)33-26(35)24-25(27(33)36)30(32)20-8-4-3-7-19(20)29(24,31)21-9-5-6-10-22(21)30/h3-14,17,24-25H,15H2,1-2H3/t17-,24-,25-,29?,30?/m0/s1. The summed E-state index contributed by atoms with van der Waals surface area (Å²) in [6, 6.07) is 20.2. The predicted octanol–water partition coefficient (Wildman–Crippen LogP) is 4.70. The van der Waals surface area contributed by atoms with Crippen LogP contribution < -0.4 is 0 Å². The highest BCUT2D eigenvalue weighted by Gasteiger charge is 2.73. The Kier molecular flexibility index (Phi) is 5.57. The molecule has 0 aromatic heterocycles. The minimum Gasteiger partial charge on any atom is -0.456 e. The highest BCUT2D eigenvalue weighted by atomic mass is 35.5. The number of imide groups is 1. The second kappa shape index (κ2) is 8.52. The molecule has 3 aromatic rings. The Hall–Kier alpha value is -3.48. The van der Waals surface area contributed by atoms with Crippen LogP contribution in [-0.4, -0.2) is 41.1 Å². The second-order valence-electron chi connectivity index (χ2n) is 10.1. The minimum absolute atomic E-state index is 0.387. The summed E-state index contributed by atoms with van der Waals surface area (Å²) in [4.78, 5) is 51.6. The minimum atomic E-state index is -1.33. The van der Waals surface area contributed by atoms with Gasteiger partial charge in [-0.15, -0.1) is 23.2 Å². The Morgan fingerprint density at radius 2 is 1.24 bits per heavy atom. The number of rotatable bonds is 5. The number of alkyl halides is 2. The lowest BCUT2D eigenvalue weighted by atomic mass is 9.54. The van der Waals surface area contributed by atoms with E-state index in [0.29, 0.717) is 27.8 Å². The zero-order valence-electron chi connectivity index (χ0n) is 20.6. The molecule has 2 bridgehead atoms. The van der Waals surface area contributed by atoms with E-state index in [0.717, 1.165) is 10.5 Å². The van der Waals surface area contributed by atoms with Crippen molar-refractivity contribution < 1.29 is 23.9 Å². The number of Topliss-reactive ketones (excluding diaryl/α,β-unsaturated/α-hetero) is 1. The average molecular weight is 548 g/mol. The largest absolute Gasteiger partial charge is 0.456 e. The fourth-order valence-electron chi connectivity index (χ4n) is 6.26. The van der Waals surface area contributed by atoms with Crippen LogP contribution in [0.4, 0.5) is 0 Å². The van der Waals surface area contributed by atoms with Gasteiger partial charge in [-0.2, -0.15) is 0 Å². The van der Waals surface area contributed by atoms with Crippen molar-refractivity contribution in [1.29, 1.82) is 0 Å². The molecule has 1 aliphatic heterocycles. The smallest absolute Gasteiger partial charge is 0.329 e. The number of ketones is 1. The number of halogens is 2. The van der Waals surface area contributed by atoms with Gasteiger partial charge in [0, 0.05) is 5.56 Å². The van der Waals surface area contributed by atoms with E-state index in [2.05, 4.69) is 0 Å². The van der Waals surface area contributed by atoms with E-state index in [4.69, 9.17) is 27.9 Å². The molecule has 0 saturated carbocycles. The summed E-state index contributed by atoms with van der Waals surface area (Å²) < 4.78 is 5.26. The fourth-order valence-corrected chi connectivity index (χ4v) is 7.35. The maximum atomic E-state index is 13.9. The Morgan fingerprint density at radius 1 is 0.816 bits per heavy atom. The van der Waals surface area contributed by atoms with Crippen LogP contribution in [0.25, 0.3) is 0 Å². The predicted molar refractivity (Wildman–Crippen MR) is 141 cm³/mol. The zero-order chi connectivity index (χ0) is 27.0. The second-order valence-corrected chi connectivity index (χ2v) is 11.3. The molecular weight excluding hydrogens is 525 g/mol. The van der Waals surface area contributed by atoms with Crippen LogP contribution in [-0.2, 0) is 28.9 Å². The fraction of sp³-hybridized carbons (Fsp3) is 0.267. The van der Waals surface area contributed by atoms with Gasteiger partial charge in [-0.25, -0.2) is 4.79 Å². The number of carbonyl (C=O) groups is 4. The molecule has 0 N–H and O–H groups in total. The van der Waals surface area contributed by atoms with Crippen LogP contribution in [0.5, 0.6) is 0 Å². The Morgan fingerprint density at radius 3 is 1.66 bits per heavy atom. The van der Waals surface area contributed by atoms with Crippen molar-refractivity contribution in [3.8, 4) is 0 Å². The molecule has 8 heteroatoms. The Balaban J connectivity index is 1.33. The number of amides is 2. The number of aryl methyl sites for hydroxylation is 1. The summed E-state index contributed by atoms with van der Waals surface area (Å²) in [6.45, 7) is 2.80. The molecule has 0 spiro atoms. The van der Waals surface area contributed by atoms with Crippen LogP contribution in [0.1, 0.15) is 45.1 Å². The summed E-state index contributed by atoms with van der Waals surface area (Å²) in [5.74, 6) is -4.44. The van der Waals surface area contributed by atoms with Gasteiger partial charge in [0.1, 0.15) is 15.8 Å². The topological polar surface area (TPSA) is 80.8 Å². The first-order valence-corrected chi connectivity index (χ1v) is 13.1. The van der Waals surface area contributed by atoms with Gasteiger partial charge in [-0.05, 0) is 36.1 Å². The van der Waals surface area contributed by atoms with Crippen molar-refractivity contribution in [2.45, 2.75) is 29.6 Å². The van der Waals surface area contributed by atoms with Crippen molar-refractivity contribution in [3.63, 3.8) is 0 Å². The third kappa shape index (κ3) is 3.13. The molecule has 0 unspecified atom stereocenters. The summed E-state index contributed by atoms with van der Waals surface area (Å²) in [7, 11) is 0. The molecule has 4 aliphatic rings. The van der Waals surface area contributed by atoms with E-state index in [1.54, 1.807) is 24.3 Å². The van der Waals surface area contributed by atoms with Gasteiger partial charge in [0.25, 0.3) is 0 Å². The van der Waals surface area contributed by atoms with E-state index < -0.39 is 52.0 Å².